The number of nitrogens with one attached hydrogen (secondary N) is 1. The molecule has 2 saturated heterocycles. The lowest BCUT2D eigenvalue weighted by Gasteiger charge is -2.40. The van der Waals surface area contributed by atoms with Gasteiger partial charge in [0.25, 0.3) is 0 Å². The Balaban J connectivity index is 1.34. The number of fused-ring (bicyclic) bond motifs is 1. The number of imidazole rings is 1. The van der Waals surface area contributed by atoms with Crippen LogP contribution in [0.5, 0.6) is 0 Å². The summed E-state index contributed by atoms with van der Waals surface area (Å²) >= 11 is 6.52. The molecule has 0 bridgehead atoms. The summed E-state index contributed by atoms with van der Waals surface area (Å²) in [5.74, 6) is 0.830. The molecule has 1 aromatic heterocycles. The molecule has 2 fully saturated rings. The SMILES string of the molecule is Clc1ccc(N2CCC(N3CCOCC3)CC2)cc1-c1nc2ccccc2[nH]1. The quantitative estimate of drug-likeness (QED) is 0.721. The van der Waals surface area contributed by atoms with Crippen molar-refractivity contribution in [2.45, 2.75) is 18.9 Å². The highest BCUT2D eigenvalue weighted by Gasteiger charge is 2.26. The number of hydrogen-bond acceptors (Lipinski definition) is 4. The van der Waals surface area contributed by atoms with E-state index >= 15 is 0 Å². The van der Waals surface area contributed by atoms with Crippen molar-refractivity contribution in [3.63, 3.8) is 0 Å². The second kappa shape index (κ2) is 7.74. The van der Waals surface area contributed by atoms with E-state index in [1.807, 2.05) is 30.3 Å². The van der Waals surface area contributed by atoms with Crippen molar-refractivity contribution in [1.29, 1.82) is 0 Å². The predicted molar refractivity (Wildman–Crippen MR) is 114 cm³/mol. The fourth-order valence-corrected chi connectivity index (χ4v) is 4.61. The number of rotatable bonds is 3. The molecule has 3 aromatic rings. The Hall–Kier alpha value is -2.08. The van der Waals surface area contributed by atoms with Gasteiger partial charge in [0.1, 0.15) is 5.82 Å². The van der Waals surface area contributed by atoms with Crippen LogP contribution in [-0.4, -0.2) is 60.3 Å². The number of benzene rings is 2. The molecule has 2 aliphatic heterocycles. The highest BCUT2D eigenvalue weighted by atomic mass is 35.5. The summed E-state index contributed by atoms with van der Waals surface area (Å²) < 4.78 is 5.50. The highest BCUT2D eigenvalue weighted by Crippen LogP contribution is 2.33. The summed E-state index contributed by atoms with van der Waals surface area (Å²) in [6, 6.07) is 15.1. The Morgan fingerprint density at radius 1 is 1.00 bits per heavy atom. The zero-order chi connectivity index (χ0) is 18.9. The van der Waals surface area contributed by atoms with Gasteiger partial charge in [0, 0.05) is 43.5 Å². The molecule has 0 spiro atoms. The molecule has 146 valence electrons. The minimum absolute atomic E-state index is 0.683. The molecule has 2 aliphatic rings. The molecule has 6 heteroatoms. The second-order valence-corrected chi connectivity index (χ2v) is 8.04. The van der Waals surface area contributed by atoms with Gasteiger partial charge in [-0.1, -0.05) is 23.7 Å². The van der Waals surface area contributed by atoms with Crippen LogP contribution in [0.1, 0.15) is 12.8 Å². The van der Waals surface area contributed by atoms with E-state index in [4.69, 9.17) is 21.3 Å². The van der Waals surface area contributed by atoms with Gasteiger partial charge in [-0.15, -0.1) is 0 Å². The molecular weight excluding hydrogens is 372 g/mol. The van der Waals surface area contributed by atoms with Gasteiger partial charge in [0.2, 0.25) is 0 Å². The number of para-hydroxylation sites is 2. The minimum atomic E-state index is 0.683. The van der Waals surface area contributed by atoms with E-state index in [0.29, 0.717) is 6.04 Å². The van der Waals surface area contributed by atoms with Crippen molar-refractivity contribution in [2.24, 2.45) is 0 Å². The Labute approximate surface area is 170 Å². The van der Waals surface area contributed by atoms with Crippen molar-refractivity contribution in [3.05, 3.63) is 47.5 Å². The number of morpholine rings is 1. The topological polar surface area (TPSA) is 44.4 Å². The van der Waals surface area contributed by atoms with Gasteiger partial charge in [-0.25, -0.2) is 4.98 Å². The summed E-state index contributed by atoms with van der Waals surface area (Å²) in [5.41, 5.74) is 4.18. The molecule has 0 atom stereocenters. The molecule has 3 heterocycles. The van der Waals surface area contributed by atoms with Gasteiger partial charge in [-0.2, -0.15) is 0 Å². The zero-order valence-corrected chi connectivity index (χ0v) is 16.7. The first kappa shape index (κ1) is 18.0. The van der Waals surface area contributed by atoms with Crippen LogP contribution in [0.2, 0.25) is 5.02 Å². The fourth-order valence-electron chi connectivity index (χ4n) is 4.40. The van der Waals surface area contributed by atoms with Crippen LogP contribution in [0.4, 0.5) is 5.69 Å². The highest BCUT2D eigenvalue weighted by molar-refractivity contribution is 6.33. The van der Waals surface area contributed by atoms with Crippen molar-refractivity contribution in [1.82, 2.24) is 14.9 Å². The Morgan fingerprint density at radius 3 is 2.57 bits per heavy atom. The molecular formula is C22H25ClN4O. The first-order valence-corrected chi connectivity index (χ1v) is 10.5. The zero-order valence-electron chi connectivity index (χ0n) is 15.9. The number of halogens is 1. The van der Waals surface area contributed by atoms with Crippen LogP contribution in [-0.2, 0) is 4.74 Å². The Bertz CT molecular complexity index is 925. The maximum Gasteiger partial charge on any atom is 0.140 e. The second-order valence-electron chi connectivity index (χ2n) is 7.63. The summed E-state index contributed by atoms with van der Waals surface area (Å²) in [5, 5.41) is 0.728. The van der Waals surface area contributed by atoms with E-state index in [2.05, 4.69) is 26.9 Å². The summed E-state index contributed by atoms with van der Waals surface area (Å²) in [4.78, 5) is 13.2. The average molecular weight is 397 g/mol. The fraction of sp³-hybridized carbons (Fsp3) is 0.409. The van der Waals surface area contributed by atoms with Crippen LogP contribution in [0.3, 0.4) is 0 Å². The largest absolute Gasteiger partial charge is 0.379 e. The number of anilines is 1. The van der Waals surface area contributed by atoms with Crippen LogP contribution < -0.4 is 4.90 Å². The van der Waals surface area contributed by atoms with E-state index in [9.17, 15) is 0 Å². The minimum Gasteiger partial charge on any atom is -0.379 e. The van der Waals surface area contributed by atoms with Gasteiger partial charge in [-0.3, -0.25) is 4.90 Å². The van der Waals surface area contributed by atoms with Crippen LogP contribution in [0.15, 0.2) is 42.5 Å². The van der Waals surface area contributed by atoms with Crippen molar-refractivity contribution in [2.75, 3.05) is 44.3 Å². The predicted octanol–water partition coefficient (Wildman–Crippen LogP) is 4.18. The number of H-pyrrole nitrogens is 1. The molecule has 0 unspecified atom stereocenters. The summed E-state index contributed by atoms with van der Waals surface area (Å²) in [6.07, 6.45) is 2.39. The molecule has 0 radical (unpaired) electrons. The molecule has 5 nitrogen and oxygen atoms in total. The lowest BCUT2D eigenvalue weighted by Crippen LogP contribution is -2.49. The third-order valence-electron chi connectivity index (χ3n) is 5.99. The molecule has 0 amide bonds. The summed E-state index contributed by atoms with van der Waals surface area (Å²) in [6.45, 7) is 6.03. The maximum absolute atomic E-state index is 6.52. The third-order valence-corrected chi connectivity index (χ3v) is 6.32. The first-order chi connectivity index (χ1) is 13.8. The number of aromatic amines is 1. The lowest BCUT2D eigenvalue weighted by molar-refractivity contribution is 0.0115. The normalized spacial score (nSPS) is 19.4. The van der Waals surface area contributed by atoms with Crippen molar-refractivity contribution >= 4 is 28.3 Å². The Morgan fingerprint density at radius 2 is 1.79 bits per heavy atom. The average Bonchev–Trinajstić information content (AvgIpc) is 3.19. The maximum atomic E-state index is 6.52. The van der Waals surface area contributed by atoms with Crippen LogP contribution in [0, 0.1) is 0 Å². The molecule has 0 aliphatic carbocycles. The van der Waals surface area contributed by atoms with Gasteiger partial charge >= 0.3 is 0 Å². The van der Waals surface area contributed by atoms with Gasteiger partial charge < -0.3 is 14.6 Å². The van der Waals surface area contributed by atoms with E-state index in [-0.39, 0.29) is 0 Å². The van der Waals surface area contributed by atoms with Crippen molar-refractivity contribution < 1.29 is 4.74 Å². The third kappa shape index (κ3) is 3.50. The standard InChI is InChI=1S/C22H25ClN4O/c23-19-6-5-17(15-18(19)22-24-20-3-1-2-4-21(20)25-22)26-9-7-16(8-10-26)27-11-13-28-14-12-27/h1-6,15-16H,7-14H2,(H,24,25). The molecule has 5 rings (SSSR count). The smallest absolute Gasteiger partial charge is 0.140 e. The Kier molecular flexibility index (Phi) is 4.97. The van der Waals surface area contributed by atoms with Crippen LogP contribution >= 0.6 is 11.6 Å². The number of hydrogen-bond donors (Lipinski definition) is 1. The summed E-state index contributed by atoms with van der Waals surface area (Å²) in [7, 11) is 0. The van der Waals surface area contributed by atoms with Crippen LogP contribution in [0.25, 0.3) is 22.4 Å². The number of aromatic nitrogens is 2. The molecule has 28 heavy (non-hydrogen) atoms. The first-order valence-electron chi connectivity index (χ1n) is 10.1. The molecule has 0 saturated carbocycles. The van der Waals surface area contributed by atoms with E-state index in [1.54, 1.807) is 0 Å². The lowest BCUT2D eigenvalue weighted by atomic mass is 10.0. The molecule has 2 aromatic carbocycles. The number of piperidine rings is 1. The van der Waals surface area contributed by atoms with Gasteiger partial charge in [0.15, 0.2) is 0 Å². The number of ether oxygens (including phenoxy) is 1. The monoisotopic (exact) mass is 396 g/mol. The van der Waals surface area contributed by atoms with Gasteiger partial charge in [0.05, 0.1) is 29.3 Å². The van der Waals surface area contributed by atoms with Gasteiger partial charge in [-0.05, 0) is 43.2 Å². The number of nitrogens with zero attached hydrogens (tertiary/aromatic N) is 3. The van der Waals surface area contributed by atoms with E-state index < -0.39 is 0 Å². The van der Waals surface area contributed by atoms with Crippen molar-refractivity contribution in [3.8, 4) is 11.4 Å². The molecule has 1 N–H and O–H groups in total. The van der Waals surface area contributed by atoms with E-state index in [1.165, 1.54) is 18.5 Å². The van der Waals surface area contributed by atoms with E-state index in [0.717, 1.165) is 66.8 Å².